The lowest BCUT2D eigenvalue weighted by Gasteiger charge is -2.29. The maximum atomic E-state index is 13.3. The predicted molar refractivity (Wildman–Crippen MR) is 183 cm³/mol. The summed E-state index contributed by atoms with van der Waals surface area (Å²) >= 11 is 1.44. The molecule has 0 aliphatic rings. The number of rotatable bonds is 12. The van der Waals surface area contributed by atoms with Crippen molar-refractivity contribution in [1.82, 2.24) is 24.8 Å². The molecule has 9 nitrogen and oxygen atoms in total. The van der Waals surface area contributed by atoms with E-state index in [2.05, 4.69) is 15.0 Å². The molecule has 2 aromatic carbocycles. The number of ether oxygens (including phenoxy) is 2. The summed E-state index contributed by atoms with van der Waals surface area (Å²) in [5.41, 5.74) is 6.74. The summed E-state index contributed by atoms with van der Waals surface area (Å²) in [5.74, 6) is 0. The van der Waals surface area contributed by atoms with Crippen LogP contribution in [0.2, 0.25) is 0 Å². The van der Waals surface area contributed by atoms with Gasteiger partial charge >= 0.3 is 12.2 Å². The van der Waals surface area contributed by atoms with Crippen LogP contribution in [-0.4, -0.2) is 55.6 Å². The van der Waals surface area contributed by atoms with E-state index in [0.717, 1.165) is 38.5 Å². The van der Waals surface area contributed by atoms with Crippen LogP contribution < -0.4 is 0 Å². The molecular formula is C37H39N5O4S. The van der Waals surface area contributed by atoms with Crippen molar-refractivity contribution in [3.63, 3.8) is 0 Å². The van der Waals surface area contributed by atoms with Crippen LogP contribution >= 0.6 is 11.3 Å². The lowest BCUT2D eigenvalue weighted by Crippen LogP contribution is -2.39. The van der Waals surface area contributed by atoms with E-state index in [4.69, 9.17) is 9.47 Å². The first-order valence-electron chi connectivity index (χ1n) is 15.5. The molecule has 5 aromatic rings. The van der Waals surface area contributed by atoms with Gasteiger partial charge in [-0.15, -0.1) is 11.3 Å². The maximum Gasteiger partial charge on any atom is 0.410 e. The van der Waals surface area contributed by atoms with Crippen LogP contribution in [0.15, 0.2) is 109 Å². The smallest absolute Gasteiger partial charge is 0.410 e. The molecular weight excluding hydrogens is 611 g/mol. The third-order valence-corrected chi connectivity index (χ3v) is 7.92. The highest BCUT2D eigenvalue weighted by Gasteiger charge is 2.23. The molecule has 47 heavy (non-hydrogen) atoms. The molecule has 0 aliphatic carbocycles. The zero-order valence-electron chi connectivity index (χ0n) is 26.9. The molecule has 5 rings (SSSR count). The average Bonchev–Trinajstić information content (AvgIpc) is 3.61. The van der Waals surface area contributed by atoms with Gasteiger partial charge in [0, 0.05) is 55.9 Å². The largest absolute Gasteiger partial charge is 0.444 e. The van der Waals surface area contributed by atoms with Gasteiger partial charge < -0.3 is 19.3 Å². The summed E-state index contributed by atoms with van der Waals surface area (Å²) in [7, 11) is 0. The van der Waals surface area contributed by atoms with Gasteiger partial charge in [-0.1, -0.05) is 60.7 Å². The van der Waals surface area contributed by atoms with Crippen LogP contribution in [0.4, 0.5) is 9.59 Å². The minimum absolute atomic E-state index is 0.150. The Morgan fingerprint density at radius 2 is 1.26 bits per heavy atom. The van der Waals surface area contributed by atoms with Crippen LogP contribution in [0, 0.1) is 0 Å². The van der Waals surface area contributed by atoms with Gasteiger partial charge in [-0.25, -0.2) is 9.59 Å². The molecule has 0 aliphatic heterocycles. The number of thiazole rings is 1. The molecule has 0 bridgehead atoms. The molecule has 3 heterocycles. The zero-order chi connectivity index (χ0) is 33.1. The van der Waals surface area contributed by atoms with E-state index in [1.54, 1.807) is 33.9 Å². The highest BCUT2D eigenvalue weighted by Crippen LogP contribution is 2.21. The standard InChI is InChI=1S/C37H39N5O4S/c1-37(2,3)46-36(44)42(25-29-13-17-31(18-14-29)34-10-5-7-20-40-34)22-8-21-41(35(43)45-26-32-23-38-27-47-32)24-28-11-15-30(16-12-28)33-9-4-6-19-39-33/h4-7,9-20,23,27H,8,21-22,24-26H2,1-3H3. The van der Waals surface area contributed by atoms with Gasteiger partial charge in [-0.2, -0.15) is 0 Å². The number of hydrogen-bond acceptors (Lipinski definition) is 8. The number of hydrogen-bond donors (Lipinski definition) is 0. The summed E-state index contributed by atoms with van der Waals surface area (Å²) in [5, 5.41) is 0. The number of pyridine rings is 2. The van der Waals surface area contributed by atoms with E-state index in [9.17, 15) is 9.59 Å². The average molecular weight is 650 g/mol. The molecule has 0 fully saturated rings. The lowest BCUT2D eigenvalue weighted by atomic mass is 10.1. The van der Waals surface area contributed by atoms with Gasteiger partial charge in [0.2, 0.25) is 0 Å². The quantitative estimate of drug-likeness (QED) is 0.134. The number of carbonyl (C=O) groups is 2. The van der Waals surface area contributed by atoms with Crippen LogP contribution in [0.3, 0.4) is 0 Å². The second kappa shape index (κ2) is 16.0. The Balaban J connectivity index is 1.27. The zero-order valence-corrected chi connectivity index (χ0v) is 27.7. The summed E-state index contributed by atoms with van der Waals surface area (Å²) in [6.45, 7) is 7.18. The maximum absolute atomic E-state index is 13.3. The van der Waals surface area contributed by atoms with Gasteiger partial charge in [0.1, 0.15) is 12.2 Å². The van der Waals surface area contributed by atoms with Gasteiger partial charge in [0.15, 0.2) is 0 Å². The molecule has 0 saturated heterocycles. The van der Waals surface area contributed by atoms with Crippen molar-refractivity contribution in [2.75, 3.05) is 13.1 Å². The summed E-state index contributed by atoms with van der Waals surface area (Å²) in [6, 6.07) is 27.6. The normalized spacial score (nSPS) is 11.1. The summed E-state index contributed by atoms with van der Waals surface area (Å²) < 4.78 is 11.4. The van der Waals surface area contributed by atoms with Crippen molar-refractivity contribution >= 4 is 23.5 Å². The number of aromatic nitrogens is 3. The first-order valence-corrected chi connectivity index (χ1v) is 16.4. The van der Waals surface area contributed by atoms with E-state index in [-0.39, 0.29) is 6.61 Å². The van der Waals surface area contributed by atoms with Gasteiger partial charge in [0.25, 0.3) is 0 Å². The fraction of sp³-hybridized carbons (Fsp3) is 0.270. The number of benzene rings is 2. The van der Waals surface area contributed by atoms with Crippen LogP contribution in [0.25, 0.3) is 22.5 Å². The van der Waals surface area contributed by atoms with Crippen LogP contribution in [-0.2, 0) is 29.2 Å². The van der Waals surface area contributed by atoms with E-state index in [1.165, 1.54) is 11.3 Å². The molecule has 0 N–H and O–H groups in total. The Labute approximate surface area is 279 Å². The molecule has 0 spiro atoms. The van der Waals surface area contributed by atoms with E-state index in [1.807, 2.05) is 106 Å². The van der Waals surface area contributed by atoms with E-state index < -0.39 is 17.8 Å². The Bertz CT molecular complexity index is 1690. The summed E-state index contributed by atoms with van der Waals surface area (Å²) in [4.78, 5) is 43.8. The first kappa shape index (κ1) is 33.3. The van der Waals surface area contributed by atoms with Crippen molar-refractivity contribution in [1.29, 1.82) is 0 Å². The molecule has 0 unspecified atom stereocenters. The third-order valence-electron chi connectivity index (χ3n) is 7.16. The second-order valence-electron chi connectivity index (χ2n) is 12.0. The monoisotopic (exact) mass is 649 g/mol. The fourth-order valence-electron chi connectivity index (χ4n) is 4.86. The van der Waals surface area contributed by atoms with Crippen molar-refractivity contribution < 1.29 is 19.1 Å². The SMILES string of the molecule is CC(C)(C)OC(=O)N(CCCN(Cc1ccc(-c2ccccn2)cc1)C(=O)OCc1cncs1)Cc1ccc(-c2ccccn2)cc1. The highest BCUT2D eigenvalue weighted by atomic mass is 32.1. The highest BCUT2D eigenvalue weighted by molar-refractivity contribution is 7.09. The lowest BCUT2D eigenvalue weighted by molar-refractivity contribution is 0.0225. The van der Waals surface area contributed by atoms with Crippen molar-refractivity contribution in [3.05, 3.63) is 125 Å². The molecule has 242 valence electrons. The van der Waals surface area contributed by atoms with Gasteiger partial charge in [-0.05, 0) is 62.6 Å². The molecule has 3 aromatic heterocycles. The Kier molecular flexibility index (Phi) is 11.3. The first-order chi connectivity index (χ1) is 22.7. The van der Waals surface area contributed by atoms with Crippen molar-refractivity contribution in [2.45, 2.75) is 52.5 Å². The van der Waals surface area contributed by atoms with Crippen LogP contribution in [0.1, 0.15) is 43.2 Å². The number of nitrogens with zero attached hydrogens (tertiary/aromatic N) is 5. The molecule has 2 amide bonds. The third kappa shape index (κ3) is 10.2. The van der Waals surface area contributed by atoms with Gasteiger partial charge in [-0.3, -0.25) is 15.0 Å². The molecule has 10 heteroatoms. The number of amides is 2. The Morgan fingerprint density at radius 3 is 1.70 bits per heavy atom. The predicted octanol–water partition coefficient (Wildman–Crippen LogP) is 8.23. The second-order valence-corrected chi connectivity index (χ2v) is 13.0. The molecule has 0 atom stereocenters. The van der Waals surface area contributed by atoms with E-state index >= 15 is 0 Å². The van der Waals surface area contributed by atoms with Crippen LogP contribution in [0.5, 0.6) is 0 Å². The number of carbonyl (C=O) groups excluding carboxylic acids is 2. The minimum Gasteiger partial charge on any atom is -0.444 e. The molecule has 0 saturated carbocycles. The Morgan fingerprint density at radius 1 is 0.723 bits per heavy atom. The van der Waals surface area contributed by atoms with E-state index in [0.29, 0.717) is 32.6 Å². The summed E-state index contributed by atoms with van der Waals surface area (Å²) in [6.07, 6.45) is 4.91. The minimum atomic E-state index is -0.647. The Hall–Kier alpha value is -5.09. The topological polar surface area (TPSA) is 97.8 Å². The van der Waals surface area contributed by atoms with Gasteiger partial charge in [0.05, 0.1) is 21.8 Å². The van der Waals surface area contributed by atoms with Crippen molar-refractivity contribution in [2.24, 2.45) is 0 Å². The fourth-order valence-corrected chi connectivity index (χ4v) is 5.36. The van der Waals surface area contributed by atoms with Crippen molar-refractivity contribution in [3.8, 4) is 22.5 Å². The molecule has 0 radical (unpaired) electrons.